The van der Waals surface area contributed by atoms with Gasteiger partial charge in [0.2, 0.25) is 5.88 Å². The molecular weight excluding hydrogens is 354 g/mol. The fourth-order valence-corrected chi connectivity index (χ4v) is 3.57. The molecule has 4 rings (SSSR count). The second kappa shape index (κ2) is 8.21. The lowest BCUT2D eigenvalue weighted by Crippen LogP contribution is -2.39. The number of ether oxygens (including phenoxy) is 1. The van der Waals surface area contributed by atoms with E-state index in [1.807, 2.05) is 37.3 Å². The molecule has 28 heavy (non-hydrogen) atoms. The van der Waals surface area contributed by atoms with E-state index in [1.165, 1.54) is 0 Å². The molecule has 2 heterocycles. The smallest absolute Gasteiger partial charge is 0.254 e. The van der Waals surface area contributed by atoms with Gasteiger partial charge in [-0.05, 0) is 44.7 Å². The predicted molar refractivity (Wildman–Crippen MR) is 104 cm³/mol. The normalized spacial score (nSPS) is 19.2. The summed E-state index contributed by atoms with van der Waals surface area (Å²) in [7, 11) is 0. The first-order chi connectivity index (χ1) is 13.7. The molecule has 2 aromatic heterocycles. The molecule has 1 aromatic carbocycles. The lowest BCUT2D eigenvalue weighted by Gasteiger charge is -2.29. The molecule has 1 aliphatic carbocycles. The number of carbonyl (C=O) groups is 1. The Balaban J connectivity index is 1.33. The average molecular weight is 377 g/mol. The van der Waals surface area contributed by atoms with Gasteiger partial charge in [-0.15, -0.1) is 0 Å². The van der Waals surface area contributed by atoms with Gasteiger partial charge >= 0.3 is 0 Å². The van der Waals surface area contributed by atoms with Gasteiger partial charge < -0.3 is 10.1 Å². The van der Waals surface area contributed by atoms with E-state index in [2.05, 4.69) is 20.4 Å². The SMILES string of the molecule is Cc1c(C(=O)NC2CCC(Oc3cnccn3)CC2)cnn1-c1ccccc1. The van der Waals surface area contributed by atoms with Crippen LogP contribution < -0.4 is 10.1 Å². The van der Waals surface area contributed by atoms with Crippen LogP contribution in [0, 0.1) is 6.92 Å². The summed E-state index contributed by atoms with van der Waals surface area (Å²) in [6, 6.07) is 9.96. The van der Waals surface area contributed by atoms with E-state index in [1.54, 1.807) is 29.5 Å². The molecule has 1 amide bonds. The van der Waals surface area contributed by atoms with Crippen LogP contribution in [0.2, 0.25) is 0 Å². The number of hydrogen-bond acceptors (Lipinski definition) is 5. The number of amides is 1. The van der Waals surface area contributed by atoms with Crippen molar-refractivity contribution < 1.29 is 9.53 Å². The van der Waals surface area contributed by atoms with Crippen LogP contribution in [-0.4, -0.2) is 37.8 Å². The third kappa shape index (κ3) is 4.03. The van der Waals surface area contributed by atoms with Crippen LogP contribution in [0.4, 0.5) is 0 Å². The molecule has 7 nitrogen and oxygen atoms in total. The molecule has 0 aliphatic heterocycles. The number of rotatable bonds is 5. The third-order valence-corrected chi connectivity index (χ3v) is 5.09. The summed E-state index contributed by atoms with van der Waals surface area (Å²) in [6.07, 6.45) is 10.1. The lowest BCUT2D eigenvalue weighted by molar-refractivity contribution is 0.0889. The fourth-order valence-electron chi connectivity index (χ4n) is 3.57. The van der Waals surface area contributed by atoms with Gasteiger partial charge in [-0.1, -0.05) is 18.2 Å². The van der Waals surface area contributed by atoms with Gasteiger partial charge in [-0.3, -0.25) is 9.78 Å². The molecule has 3 aromatic rings. The van der Waals surface area contributed by atoms with Crippen molar-refractivity contribution in [3.05, 3.63) is 66.4 Å². The zero-order valence-electron chi connectivity index (χ0n) is 15.8. The van der Waals surface area contributed by atoms with E-state index in [4.69, 9.17) is 4.74 Å². The topological polar surface area (TPSA) is 81.9 Å². The molecule has 0 unspecified atom stereocenters. The van der Waals surface area contributed by atoms with E-state index < -0.39 is 0 Å². The van der Waals surface area contributed by atoms with Crippen LogP contribution in [0.25, 0.3) is 5.69 Å². The summed E-state index contributed by atoms with van der Waals surface area (Å²) in [5, 5.41) is 7.53. The first-order valence-corrected chi connectivity index (χ1v) is 9.54. The molecule has 1 aliphatic rings. The van der Waals surface area contributed by atoms with Crippen molar-refractivity contribution >= 4 is 5.91 Å². The van der Waals surface area contributed by atoms with E-state index in [0.29, 0.717) is 11.4 Å². The molecule has 1 saturated carbocycles. The quantitative estimate of drug-likeness (QED) is 0.739. The minimum absolute atomic E-state index is 0.0713. The van der Waals surface area contributed by atoms with Gasteiger partial charge in [0.05, 0.1) is 29.3 Å². The maximum absolute atomic E-state index is 12.7. The Morgan fingerprint density at radius 2 is 1.89 bits per heavy atom. The highest BCUT2D eigenvalue weighted by atomic mass is 16.5. The van der Waals surface area contributed by atoms with Crippen LogP contribution in [0.3, 0.4) is 0 Å². The Kier molecular flexibility index (Phi) is 5.32. The molecule has 1 fully saturated rings. The van der Waals surface area contributed by atoms with Gasteiger partial charge in [0.25, 0.3) is 5.91 Å². The van der Waals surface area contributed by atoms with E-state index in [-0.39, 0.29) is 18.1 Å². The van der Waals surface area contributed by atoms with Gasteiger partial charge in [-0.2, -0.15) is 5.10 Å². The summed E-state index contributed by atoms with van der Waals surface area (Å²) >= 11 is 0. The van der Waals surface area contributed by atoms with Crippen molar-refractivity contribution in [2.45, 2.75) is 44.8 Å². The number of nitrogens with one attached hydrogen (secondary N) is 1. The highest BCUT2D eigenvalue weighted by Crippen LogP contribution is 2.23. The standard InChI is InChI=1S/C21H23N5O2/c1-15-19(13-24-26(15)17-5-3-2-4-6-17)21(27)25-16-7-9-18(10-8-16)28-20-14-22-11-12-23-20/h2-6,11-14,16,18H,7-10H2,1H3,(H,25,27). The van der Waals surface area contributed by atoms with Crippen molar-refractivity contribution in [2.75, 3.05) is 0 Å². The number of benzene rings is 1. The highest BCUT2D eigenvalue weighted by Gasteiger charge is 2.25. The zero-order chi connectivity index (χ0) is 19.3. The van der Waals surface area contributed by atoms with E-state index in [9.17, 15) is 4.79 Å². The van der Waals surface area contributed by atoms with Crippen molar-refractivity contribution in [2.24, 2.45) is 0 Å². The third-order valence-electron chi connectivity index (χ3n) is 5.09. The van der Waals surface area contributed by atoms with Gasteiger partial charge in [0.15, 0.2) is 0 Å². The van der Waals surface area contributed by atoms with Crippen LogP contribution in [0.5, 0.6) is 5.88 Å². The molecule has 0 saturated heterocycles. The van der Waals surface area contributed by atoms with E-state index in [0.717, 1.165) is 37.1 Å². The Morgan fingerprint density at radius 3 is 2.61 bits per heavy atom. The summed E-state index contributed by atoms with van der Waals surface area (Å²) in [6.45, 7) is 1.92. The number of nitrogens with zero attached hydrogens (tertiary/aromatic N) is 4. The highest BCUT2D eigenvalue weighted by molar-refractivity contribution is 5.95. The molecule has 0 atom stereocenters. The Morgan fingerprint density at radius 1 is 1.11 bits per heavy atom. The Bertz CT molecular complexity index is 918. The minimum Gasteiger partial charge on any atom is -0.473 e. The number of hydrogen-bond donors (Lipinski definition) is 1. The summed E-state index contributed by atoms with van der Waals surface area (Å²) < 4.78 is 7.66. The largest absolute Gasteiger partial charge is 0.473 e. The number of para-hydroxylation sites is 1. The maximum atomic E-state index is 12.7. The van der Waals surface area contributed by atoms with Crippen LogP contribution in [-0.2, 0) is 0 Å². The van der Waals surface area contributed by atoms with Crippen LogP contribution in [0.15, 0.2) is 55.1 Å². The molecule has 7 heteroatoms. The number of aromatic nitrogens is 4. The zero-order valence-corrected chi connectivity index (χ0v) is 15.8. The molecule has 1 N–H and O–H groups in total. The van der Waals surface area contributed by atoms with Crippen molar-refractivity contribution in [3.63, 3.8) is 0 Å². The maximum Gasteiger partial charge on any atom is 0.254 e. The summed E-state index contributed by atoms with van der Waals surface area (Å²) in [5.41, 5.74) is 2.39. The first-order valence-electron chi connectivity index (χ1n) is 9.54. The second-order valence-electron chi connectivity index (χ2n) is 7.00. The average Bonchev–Trinajstić information content (AvgIpc) is 3.12. The predicted octanol–water partition coefficient (Wildman–Crippen LogP) is 3.09. The van der Waals surface area contributed by atoms with Crippen LogP contribution >= 0.6 is 0 Å². The first kappa shape index (κ1) is 18.2. The lowest BCUT2D eigenvalue weighted by atomic mass is 9.92. The van der Waals surface area contributed by atoms with Crippen LogP contribution in [0.1, 0.15) is 41.7 Å². The Labute approximate surface area is 163 Å². The molecular formula is C21H23N5O2. The second-order valence-corrected chi connectivity index (χ2v) is 7.00. The van der Waals surface area contributed by atoms with Crippen molar-refractivity contribution in [3.8, 4) is 11.6 Å². The molecule has 0 bridgehead atoms. The summed E-state index contributed by atoms with van der Waals surface area (Å²) in [5.74, 6) is 0.483. The van der Waals surface area contributed by atoms with Crippen molar-refractivity contribution in [1.29, 1.82) is 0 Å². The van der Waals surface area contributed by atoms with Gasteiger partial charge in [0, 0.05) is 18.4 Å². The Hall–Kier alpha value is -3.22. The number of carbonyl (C=O) groups excluding carboxylic acids is 1. The monoisotopic (exact) mass is 377 g/mol. The fraction of sp³-hybridized carbons (Fsp3) is 0.333. The van der Waals surface area contributed by atoms with Gasteiger partial charge in [-0.25, -0.2) is 9.67 Å². The molecule has 144 valence electrons. The molecule has 0 spiro atoms. The summed E-state index contributed by atoms with van der Waals surface area (Å²) in [4.78, 5) is 20.9. The van der Waals surface area contributed by atoms with Crippen molar-refractivity contribution in [1.82, 2.24) is 25.1 Å². The minimum atomic E-state index is -0.0713. The van der Waals surface area contributed by atoms with E-state index >= 15 is 0 Å². The molecule has 0 radical (unpaired) electrons. The van der Waals surface area contributed by atoms with Gasteiger partial charge in [0.1, 0.15) is 6.10 Å².